The minimum atomic E-state index is -1.26. The molecule has 0 radical (unpaired) electrons. The highest BCUT2D eigenvalue weighted by Gasteiger charge is 2.19. The van der Waals surface area contributed by atoms with Gasteiger partial charge in [0, 0.05) is 13.0 Å². The lowest BCUT2D eigenvalue weighted by molar-refractivity contribution is -0.139. The highest BCUT2D eigenvalue weighted by Crippen LogP contribution is 1.90. The van der Waals surface area contributed by atoms with Crippen LogP contribution in [0.15, 0.2) is 0 Å². The summed E-state index contributed by atoms with van der Waals surface area (Å²) in [4.78, 5) is 32.3. The summed E-state index contributed by atoms with van der Waals surface area (Å²) in [6.07, 6.45) is -0.110. The summed E-state index contributed by atoms with van der Waals surface area (Å²) in [5.74, 6) is -1.91. The van der Waals surface area contributed by atoms with Crippen LogP contribution in [0, 0.1) is 0 Å². The van der Waals surface area contributed by atoms with Crippen molar-refractivity contribution in [1.29, 1.82) is 0 Å². The monoisotopic (exact) mass is 234 g/mol. The summed E-state index contributed by atoms with van der Waals surface area (Å²) in [7, 11) is 1.16. The van der Waals surface area contributed by atoms with Crippen LogP contribution in [0.2, 0.25) is 0 Å². The zero-order valence-corrected chi connectivity index (χ0v) is 8.73. The van der Waals surface area contributed by atoms with Gasteiger partial charge in [-0.05, 0) is 0 Å². The second-order valence-corrected chi connectivity index (χ2v) is 2.81. The Kier molecular flexibility index (Phi) is 6.61. The number of esters is 1. The minimum absolute atomic E-state index is 0.110. The van der Waals surface area contributed by atoms with E-state index < -0.39 is 24.0 Å². The molecule has 2 amide bonds. The molecule has 1 atom stereocenters. The number of carbonyl (C=O) groups is 3. The Labute approximate surface area is 91.6 Å². The average molecular weight is 234 g/mol. The molecule has 0 aromatic rings. The van der Waals surface area contributed by atoms with E-state index in [9.17, 15) is 14.4 Å². The first-order valence-corrected chi connectivity index (χ1v) is 4.46. The van der Waals surface area contributed by atoms with Crippen molar-refractivity contribution < 1.29 is 29.3 Å². The number of amides is 2. The van der Waals surface area contributed by atoms with E-state index in [-0.39, 0.29) is 19.6 Å². The third-order valence-electron chi connectivity index (χ3n) is 1.64. The fourth-order valence-electron chi connectivity index (χ4n) is 0.820. The van der Waals surface area contributed by atoms with E-state index >= 15 is 0 Å². The topological polar surface area (TPSA) is 125 Å². The fraction of sp³-hybridized carbons (Fsp3) is 0.625. The van der Waals surface area contributed by atoms with Crippen LogP contribution >= 0.6 is 0 Å². The minimum Gasteiger partial charge on any atom is -0.480 e. The number of ether oxygens (including phenoxy) is 1. The van der Waals surface area contributed by atoms with Gasteiger partial charge in [-0.3, -0.25) is 4.79 Å². The zero-order valence-electron chi connectivity index (χ0n) is 8.73. The van der Waals surface area contributed by atoms with Crippen molar-refractivity contribution in [3.8, 4) is 0 Å². The highest BCUT2D eigenvalue weighted by molar-refractivity contribution is 5.84. The van der Waals surface area contributed by atoms with Crippen molar-refractivity contribution in [1.82, 2.24) is 10.6 Å². The molecule has 0 saturated heterocycles. The third-order valence-corrected chi connectivity index (χ3v) is 1.64. The number of carboxylic acids is 1. The Hall–Kier alpha value is -1.83. The summed E-state index contributed by atoms with van der Waals surface area (Å²) < 4.78 is 4.26. The van der Waals surface area contributed by atoms with Gasteiger partial charge in [-0.2, -0.15) is 0 Å². The van der Waals surface area contributed by atoms with Gasteiger partial charge < -0.3 is 25.6 Å². The molecule has 0 aromatic heterocycles. The number of carboxylic acid groups (broad SMARTS) is 1. The maximum Gasteiger partial charge on any atom is 0.326 e. The largest absolute Gasteiger partial charge is 0.480 e. The molecule has 8 heteroatoms. The molecule has 0 bridgehead atoms. The Morgan fingerprint density at radius 3 is 2.44 bits per heavy atom. The second kappa shape index (κ2) is 7.46. The summed E-state index contributed by atoms with van der Waals surface area (Å²) in [5, 5.41) is 21.4. The molecule has 0 fully saturated rings. The van der Waals surface area contributed by atoms with Crippen LogP contribution in [-0.2, 0) is 14.3 Å². The van der Waals surface area contributed by atoms with Gasteiger partial charge in [-0.15, -0.1) is 0 Å². The molecule has 0 aromatic carbocycles. The molecule has 0 rings (SSSR count). The lowest BCUT2D eigenvalue weighted by Gasteiger charge is -2.13. The number of aliphatic hydroxyl groups excluding tert-OH is 1. The van der Waals surface area contributed by atoms with Crippen molar-refractivity contribution >= 4 is 18.0 Å². The molecule has 8 nitrogen and oxygen atoms in total. The van der Waals surface area contributed by atoms with E-state index in [4.69, 9.17) is 10.2 Å². The quantitative estimate of drug-likeness (QED) is 0.406. The van der Waals surface area contributed by atoms with E-state index in [2.05, 4.69) is 15.4 Å². The average Bonchev–Trinajstić information content (AvgIpc) is 2.25. The Morgan fingerprint density at radius 1 is 1.38 bits per heavy atom. The number of rotatable bonds is 6. The standard InChI is InChI=1S/C8H14N2O6/c1-16-6(12)4-9-8(15)10-5(2-3-11)7(13)14/h5,11H,2-4H2,1H3,(H,13,14)(H2,9,10,15)/t5-/m1/s1. The Bertz CT molecular complexity index is 267. The Balaban J connectivity index is 4.00. The van der Waals surface area contributed by atoms with E-state index in [1.54, 1.807) is 0 Å². The molecular formula is C8H14N2O6. The van der Waals surface area contributed by atoms with Crippen LogP contribution in [0.1, 0.15) is 6.42 Å². The molecule has 0 aliphatic carbocycles. The Morgan fingerprint density at radius 2 is 2.00 bits per heavy atom. The van der Waals surface area contributed by atoms with Crippen LogP contribution in [0.5, 0.6) is 0 Å². The predicted molar refractivity (Wildman–Crippen MR) is 51.7 cm³/mol. The number of urea groups is 1. The lowest BCUT2D eigenvalue weighted by Crippen LogP contribution is -2.47. The molecule has 0 aliphatic heterocycles. The summed E-state index contributed by atoms with van der Waals surface area (Å²) in [5.41, 5.74) is 0. The van der Waals surface area contributed by atoms with Gasteiger partial charge in [-0.25, -0.2) is 9.59 Å². The second-order valence-electron chi connectivity index (χ2n) is 2.81. The van der Waals surface area contributed by atoms with E-state index in [1.165, 1.54) is 0 Å². The van der Waals surface area contributed by atoms with Crippen LogP contribution in [0.3, 0.4) is 0 Å². The van der Waals surface area contributed by atoms with E-state index in [0.29, 0.717) is 0 Å². The number of aliphatic carboxylic acids is 1. The highest BCUT2D eigenvalue weighted by atomic mass is 16.5. The number of hydrogen-bond acceptors (Lipinski definition) is 5. The van der Waals surface area contributed by atoms with Crippen LogP contribution in [0.25, 0.3) is 0 Å². The molecule has 92 valence electrons. The van der Waals surface area contributed by atoms with Crippen molar-refractivity contribution in [2.45, 2.75) is 12.5 Å². The van der Waals surface area contributed by atoms with Gasteiger partial charge in [-0.1, -0.05) is 0 Å². The van der Waals surface area contributed by atoms with Crippen molar-refractivity contribution in [3.63, 3.8) is 0 Å². The van der Waals surface area contributed by atoms with Crippen molar-refractivity contribution in [2.24, 2.45) is 0 Å². The SMILES string of the molecule is COC(=O)CNC(=O)N[C@H](CCO)C(=O)O. The fourth-order valence-corrected chi connectivity index (χ4v) is 0.820. The molecule has 4 N–H and O–H groups in total. The van der Waals surface area contributed by atoms with E-state index in [1.807, 2.05) is 0 Å². The first-order valence-electron chi connectivity index (χ1n) is 4.46. The summed E-state index contributed by atoms with van der Waals surface area (Å²) >= 11 is 0. The molecule has 0 aliphatic rings. The van der Waals surface area contributed by atoms with Gasteiger partial charge in [0.15, 0.2) is 0 Å². The van der Waals surface area contributed by atoms with Crippen LogP contribution in [-0.4, -0.2) is 54.5 Å². The van der Waals surface area contributed by atoms with Gasteiger partial charge in [0.1, 0.15) is 12.6 Å². The maximum absolute atomic E-state index is 11.1. The number of nitrogens with one attached hydrogen (secondary N) is 2. The van der Waals surface area contributed by atoms with Crippen molar-refractivity contribution in [2.75, 3.05) is 20.3 Å². The summed E-state index contributed by atoms with van der Waals surface area (Å²) in [6.45, 7) is -0.720. The molecule has 0 unspecified atom stereocenters. The predicted octanol–water partition coefficient (Wildman–Crippen LogP) is -1.71. The van der Waals surface area contributed by atoms with Crippen LogP contribution in [0.4, 0.5) is 4.79 Å². The van der Waals surface area contributed by atoms with Crippen molar-refractivity contribution in [3.05, 3.63) is 0 Å². The number of carbonyl (C=O) groups excluding carboxylic acids is 2. The maximum atomic E-state index is 11.1. The van der Waals surface area contributed by atoms with E-state index in [0.717, 1.165) is 7.11 Å². The molecule has 0 saturated carbocycles. The molecular weight excluding hydrogens is 220 g/mol. The van der Waals surface area contributed by atoms with Gasteiger partial charge >= 0.3 is 18.0 Å². The first kappa shape index (κ1) is 14.2. The van der Waals surface area contributed by atoms with Gasteiger partial charge in [0.05, 0.1) is 7.11 Å². The number of methoxy groups -OCH3 is 1. The normalized spacial score (nSPS) is 11.4. The lowest BCUT2D eigenvalue weighted by atomic mass is 10.2. The zero-order chi connectivity index (χ0) is 12.6. The number of hydrogen-bond donors (Lipinski definition) is 4. The molecule has 0 heterocycles. The molecule has 0 spiro atoms. The van der Waals surface area contributed by atoms with Gasteiger partial charge in [0.25, 0.3) is 0 Å². The van der Waals surface area contributed by atoms with Crippen LogP contribution < -0.4 is 10.6 Å². The smallest absolute Gasteiger partial charge is 0.326 e. The first-order chi connectivity index (χ1) is 7.51. The van der Waals surface area contributed by atoms with Gasteiger partial charge in [0.2, 0.25) is 0 Å². The number of aliphatic hydroxyl groups is 1. The third kappa shape index (κ3) is 5.81. The molecule has 16 heavy (non-hydrogen) atoms. The summed E-state index contributed by atoms with van der Waals surface area (Å²) in [6, 6.07) is -2.01.